The highest BCUT2D eigenvalue weighted by Crippen LogP contribution is 2.15. The second-order valence-electron chi connectivity index (χ2n) is 5.53. The van der Waals surface area contributed by atoms with Crippen LogP contribution in [0.15, 0.2) is 24.3 Å². The van der Waals surface area contributed by atoms with Gasteiger partial charge in [-0.1, -0.05) is 0 Å². The average molecular weight is 262 g/mol. The van der Waals surface area contributed by atoms with E-state index in [1.807, 2.05) is 0 Å². The van der Waals surface area contributed by atoms with Crippen molar-refractivity contribution in [2.45, 2.75) is 25.9 Å². The Morgan fingerprint density at radius 3 is 2.26 bits per heavy atom. The summed E-state index contributed by atoms with van der Waals surface area (Å²) in [4.78, 5) is 16.7. The van der Waals surface area contributed by atoms with E-state index in [1.54, 1.807) is 24.3 Å². The molecule has 1 aromatic rings. The Balaban J connectivity index is 1.97. The van der Waals surface area contributed by atoms with Crippen molar-refractivity contribution >= 4 is 5.78 Å². The summed E-state index contributed by atoms with van der Waals surface area (Å²) in [5, 5.41) is 9.23. The van der Waals surface area contributed by atoms with Crippen LogP contribution in [-0.2, 0) is 0 Å². The molecule has 104 valence electrons. The summed E-state index contributed by atoms with van der Waals surface area (Å²) in [7, 11) is 2.13. The van der Waals surface area contributed by atoms with E-state index in [-0.39, 0.29) is 11.5 Å². The SMILES string of the molecule is CC1CN(CC(=O)c2ccc(O)cc2)CC(C)N1C. The Bertz CT molecular complexity index is 432. The molecule has 4 heteroatoms. The van der Waals surface area contributed by atoms with Gasteiger partial charge in [0.15, 0.2) is 5.78 Å². The Labute approximate surface area is 114 Å². The molecular weight excluding hydrogens is 240 g/mol. The van der Waals surface area contributed by atoms with Crippen LogP contribution in [0.4, 0.5) is 0 Å². The minimum absolute atomic E-state index is 0.115. The van der Waals surface area contributed by atoms with Gasteiger partial charge in [0.2, 0.25) is 0 Å². The van der Waals surface area contributed by atoms with Crippen LogP contribution < -0.4 is 0 Å². The fourth-order valence-corrected chi connectivity index (χ4v) is 2.58. The summed E-state index contributed by atoms with van der Waals surface area (Å²) < 4.78 is 0. The third kappa shape index (κ3) is 3.33. The number of phenolic OH excluding ortho intramolecular Hbond substituents is 1. The largest absolute Gasteiger partial charge is 0.508 e. The van der Waals surface area contributed by atoms with Gasteiger partial charge in [-0.25, -0.2) is 0 Å². The van der Waals surface area contributed by atoms with E-state index >= 15 is 0 Å². The number of phenols is 1. The minimum Gasteiger partial charge on any atom is -0.508 e. The van der Waals surface area contributed by atoms with Crippen molar-refractivity contribution in [1.82, 2.24) is 9.80 Å². The Hall–Kier alpha value is -1.39. The van der Waals surface area contributed by atoms with Gasteiger partial charge in [-0.2, -0.15) is 0 Å². The zero-order valence-corrected chi connectivity index (χ0v) is 11.8. The van der Waals surface area contributed by atoms with Crippen LogP contribution in [0.5, 0.6) is 5.75 Å². The molecule has 2 rings (SSSR count). The van der Waals surface area contributed by atoms with Crippen molar-refractivity contribution in [3.8, 4) is 5.75 Å². The molecule has 1 saturated heterocycles. The zero-order chi connectivity index (χ0) is 14.0. The second-order valence-corrected chi connectivity index (χ2v) is 5.53. The van der Waals surface area contributed by atoms with Gasteiger partial charge in [-0.05, 0) is 45.2 Å². The number of nitrogens with zero attached hydrogens (tertiary/aromatic N) is 2. The van der Waals surface area contributed by atoms with Gasteiger partial charge >= 0.3 is 0 Å². The summed E-state index contributed by atoms with van der Waals surface area (Å²) in [6.07, 6.45) is 0. The van der Waals surface area contributed by atoms with Crippen molar-refractivity contribution in [3.63, 3.8) is 0 Å². The number of carbonyl (C=O) groups is 1. The summed E-state index contributed by atoms with van der Waals surface area (Å²) in [5.41, 5.74) is 0.664. The quantitative estimate of drug-likeness (QED) is 0.840. The number of aromatic hydroxyl groups is 1. The molecule has 0 spiro atoms. The zero-order valence-electron chi connectivity index (χ0n) is 11.8. The Morgan fingerprint density at radius 2 is 1.74 bits per heavy atom. The number of likely N-dealkylation sites (N-methyl/N-ethyl adjacent to an activating group) is 1. The molecule has 4 nitrogen and oxygen atoms in total. The van der Waals surface area contributed by atoms with E-state index in [0.29, 0.717) is 24.2 Å². The molecule has 1 heterocycles. The molecule has 1 N–H and O–H groups in total. The summed E-state index contributed by atoms with van der Waals surface area (Å²) >= 11 is 0. The molecule has 1 aliphatic heterocycles. The molecule has 19 heavy (non-hydrogen) atoms. The van der Waals surface area contributed by atoms with E-state index in [9.17, 15) is 9.90 Å². The van der Waals surface area contributed by atoms with Crippen LogP contribution >= 0.6 is 0 Å². The summed E-state index contributed by atoms with van der Waals surface area (Å²) in [6, 6.07) is 7.42. The molecule has 2 atom stereocenters. The van der Waals surface area contributed by atoms with Crippen molar-refractivity contribution in [1.29, 1.82) is 0 Å². The third-order valence-corrected chi connectivity index (χ3v) is 3.99. The van der Waals surface area contributed by atoms with E-state index < -0.39 is 0 Å². The number of piperazine rings is 1. The highest BCUT2D eigenvalue weighted by atomic mass is 16.3. The molecule has 0 aromatic heterocycles. The molecule has 0 saturated carbocycles. The average Bonchev–Trinajstić information content (AvgIpc) is 2.36. The number of ketones is 1. The van der Waals surface area contributed by atoms with Gasteiger partial charge in [0.25, 0.3) is 0 Å². The van der Waals surface area contributed by atoms with Gasteiger partial charge in [-0.15, -0.1) is 0 Å². The van der Waals surface area contributed by atoms with E-state index in [4.69, 9.17) is 0 Å². The number of Topliss-reactive ketones (excluding diaryl/α,β-unsaturated/α-hetero) is 1. The fraction of sp³-hybridized carbons (Fsp3) is 0.533. The fourth-order valence-electron chi connectivity index (χ4n) is 2.58. The number of hydrogen-bond acceptors (Lipinski definition) is 4. The Morgan fingerprint density at radius 1 is 1.21 bits per heavy atom. The standard InChI is InChI=1S/C15H22N2O2/c1-11-8-17(9-12(2)16(11)3)10-15(19)13-4-6-14(18)7-5-13/h4-7,11-12,18H,8-10H2,1-3H3. The maximum Gasteiger partial charge on any atom is 0.176 e. The maximum atomic E-state index is 12.2. The van der Waals surface area contributed by atoms with Crippen molar-refractivity contribution in [2.75, 3.05) is 26.7 Å². The first-order valence-electron chi connectivity index (χ1n) is 6.74. The molecule has 0 bridgehead atoms. The minimum atomic E-state index is 0.115. The first-order chi connectivity index (χ1) is 8.97. The van der Waals surface area contributed by atoms with Crippen LogP contribution in [0.1, 0.15) is 24.2 Å². The molecule has 0 aliphatic carbocycles. The topological polar surface area (TPSA) is 43.8 Å². The van der Waals surface area contributed by atoms with E-state index in [0.717, 1.165) is 13.1 Å². The molecule has 1 aliphatic rings. The van der Waals surface area contributed by atoms with Crippen LogP contribution in [-0.4, -0.2) is 59.5 Å². The number of hydrogen-bond donors (Lipinski definition) is 1. The monoisotopic (exact) mass is 262 g/mol. The summed E-state index contributed by atoms with van der Waals surface area (Å²) in [5.74, 6) is 0.308. The number of rotatable bonds is 3. The van der Waals surface area contributed by atoms with Crippen molar-refractivity contribution in [3.05, 3.63) is 29.8 Å². The predicted molar refractivity (Wildman–Crippen MR) is 75.6 cm³/mol. The predicted octanol–water partition coefficient (Wildman–Crippen LogP) is 1.60. The first kappa shape index (κ1) is 14.0. The molecule has 2 unspecified atom stereocenters. The highest BCUT2D eigenvalue weighted by molar-refractivity contribution is 5.97. The molecular formula is C15H22N2O2. The van der Waals surface area contributed by atoms with E-state index in [1.165, 1.54) is 0 Å². The highest BCUT2D eigenvalue weighted by Gasteiger charge is 2.27. The lowest BCUT2D eigenvalue weighted by molar-refractivity contribution is 0.0549. The van der Waals surface area contributed by atoms with Crippen molar-refractivity contribution < 1.29 is 9.90 Å². The van der Waals surface area contributed by atoms with Crippen LogP contribution in [0, 0.1) is 0 Å². The maximum absolute atomic E-state index is 12.2. The lowest BCUT2D eigenvalue weighted by Crippen LogP contribution is -2.55. The molecule has 1 fully saturated rings. The van der Waals surface area contributed by atoms with Gasteiger partial charge in [0, 0.05) is 30.7 Å². The molecule has 0 radical (unpaired) electrons. The lowest BCUT2D eigenvalue weighted by atomic mass is 10.1. The van der Waals surface area contributed by atoms with Crippen LogP contribution in [0.2, 0.25) is 0 Å². The summed E-state index contributed by atoms with van der Waals surface area (Å²) in [6.45, 7) is 6.67. The van der Waals surface area contributed by atoms with Crippen molar-refractivity contribution in [2.24, 2.45) is 0 Å². The van der Waals surface area contributed by atoms with Gasteiger partial charge in [0.05, 0.1) is 6.54 Å². The Kier molecular flexibility index (Phi) is 4.22. The third-order valence-electron chi connectivity index (χ3n) is 3.99. The van der Waals surface area contributed by atoms with E-state index in [2.05, 4.69) is 30.7 Å². The molecule has 1 aromatic carbocycles. The van der Waals surface area contributed by atoms with Crippen LogP contribution in [0.25, 0.3) is 0 Å². The van der Waals surface area contributed by atoms with Crippen LogP contribution in [0.3, 0.4) is 0 Å². The second kappa shape index (κ2) is 5.72. The normalized spacial score (nSPS) is 25.4. The first-order valence-corrected chi connectivity index (χ1v) is 6.74. The number of benzene rings is 1. The smallest absolute Gasteiger partial charge is 0.176 e. The lowest BCUT2D eigenvalue weighted by Gasteiger charge is -2.42. The van der Waals surface area contributed by atoms with Gasteiger partial charge in [0.1, 0.15) is 5.75 Å². The number of carbonyl (C=O) groups excluding carboxylic acids is 1. The van der Waals surface area contributed by atoms with Gasteiger partial charge in [-0.3, -0.25) is 14.6 Å². The van der Waals surface area contributed by atoms with Gasteiger partial charge < -0.3 is 5.11 Å². The molecule has 0 amide bonds.